The first-order chi connectivity index (χ1) is 8.81. The summed E-state index contributed by atoms with van der Waals surface area (Å²) in [6, 6.07) is 1.56. The molecular formula is C14H15ClO4. The smallest absolute Gasteiger partial charge is 0.178 e. The summed E-state index contributed by atoms with van der Waals surface area (Å²) in [5.74, 6) is 1.12. The summed E-state index contributed by atoms with van der Waals surface area (Å²) in [6.07, 6.45) is -0.364. The fourth-order valence-electron chi connectivity index (χ4n) is 2.39. The van der Waals surface area contributed by atoms with Gasteiger partial charge >= 0.3 is 0 Å². The van der Waals surface area contributed by atoms with Gasteiger partial charge in [-0.3, -0.25) is 0 Å². The maximum Gasteiger partial charge on any atom is 0.178 e. The van der Waals surface area contributed by atoms with Crippen LogP contribution in [0.5, 0.6) is 11.5 Å². The Labute approximate surface area is 115 Å². The zero-order chi connectivity index (χ0) is 13.9. The minimum absolute atomic E-state index is 0.0692. The van der Waals surface area contributed by atoms with Gasteiger partial charge in [-0.25, -0.2) is 0 Å². The summed E-state index contributed by atoms with van der Waals surface area (Å²) < 4.78 is 11.5. The molecule has 1 atom stereocenters. The molecule has 3 rings (SSSR count). The normalized spacial score (nSPS) is 21.2. The van der Waals surface area contributed by atoms with Crippen LogP contribution in [0.15, 0.2) is 10.5 Å². The highest BCUT2D eigenvalue weighted by molar-refractivity contribution is 6.36. The summed E-state index contributed by atoms with van der Waals surface area (Å²) in [7, 11) is 0. The van der Waals surface area contributed by atoms with Crippen LogP contribution in [0.25, 0.3) is 11.0 Å². The molecule has 0 bridgehead atoms. The fraction of sp³-hybridized carbons (Fsp3) is 0.429. The molecule has 0 fully saturated rings. The molecule has 102 valence electrons. The number of rotatable bonds is 0. The Morgan fingerprint density at radius 2 is 2.11 bits per heavy atom. The molecule has 19 heavy (non-hydrogen) atoms. The first kappa shape index (κ1) is 12.6. The van der Waals surface area contributed by atoms with E-state index in [0.29, 0.717) is 39.5 Å². The van der Waals surface area contributed by atoms with Gasteiger partial charge in [0, 0.05) is 17.4 Å². The molecule has 0 radical (unpaired) electrons. The van der Waals surface area contributed by atoms with Crippen LogP contribution in [-0.4, -0.2) is 21.9 Å². The molecule has 0 amide bonds. The van der Waals surface area contributed by atoms with Crippen molar-refractivity contribution in [2.24, 2.45) is 0 Å². The first-order valence-electron chi connectivity index (χ1n) is 6.12. The topological polar surface area (TPSA) is 62.8 Å². The second-order valence-corrected chi connectivity index (χ2v) is 5.86. The van der Waals surface area contributed by atoms with Crippen LogP contribution in [0.3, 0.4) is 0 Å². The third-order valence-corrected chi connectivity index (χ3v) is 4.15. The lowest BCUT2D eigenvalue weighted by Crippen LogP contribution is -2.46. The van der Waals surface area contributed by atoms with Crippen molar-refractivity contribution in [1.29, 1.82) is 0 Å². The Hall–Kier alpha value is -1.39. The maximum absolute atomic E-state index is 10.1. The lowest BCUT2D eigenvalue weighted by molar-refractivity contribution is -0.0411. The first-order valence-corrected chi connectivity index (χ1v) is 6.49. The molecule has 1 aliphatic rings. The molecule has 0 saturated heterocycles. The third kappa shape index (κ3) is 1.70. The van der Waals surface area contributed by atoms with Gasteiger partial charge in [0.2, 0.25) is 0 Å². The highest BCUT2D eigenvalue weighted by Crippen LogP contribution is 2.46. The van der Waals surface area contributed by atoms with Gasteiger partial charge in [-0.2, -0.15) is 0 Å². The Kier molecular flexibility index (Phi) is 2.53. The summed E-state index contributed by atoms with van der Waals surface area (Å²) in [5, 5.41) is 21.2. The van der Waals surface area contributed by atoms with E-state index < -0.39 is 11.7 Å². The van der Waals surface area contributed by atoms with Crippen molar-refractivity contribution in [3.63, 3.8) is 0 Å². The zero-order valence-corrected chi connectivity index (χ0v) is 11.7. The summed E-state index contributed by atoms with van der Waals surface area (Å²) in [6.45, 7) is 5.36. The Morgan fingerprint density at radius 1 is 1.42 bits per heavy atom. The summed E-state index contributed by atoms with van der Waals surface area (Å²) in [5.41, 5.74) is 0.348. The molecule has 1 aliphatic heterocycles. The molecule has 2 aromatic rings. The van der Waals surface area contributed by atoms with E-state index in [1.807, 2.05) is 0 Å². The minimum Gasteiger partial charge on any atom is -0.508 e. The SMILES string of the molecule is Cc1oc2c3c(c(O)cc2c1Cl)C[C@H](O)C(C)(C)O3. The predicted molar refractivity (Wildman–Crippen MR) is 72.0 cm³/mol. The molecule has 1 aromatic carbocycles. The van der Waals surface area contributed by atoms with E-state index in [-0.39, 0.29) is 5.75 Å². The molecule has 5 heteroatoms. The summed E-state index contributed by atoms with van der Waals surface area (Å²) >= 11 is 6.15. The number of phenols is 1. The highest BCUT2D eigenvalue weighted by Gasteiger charge is 2.39. The lowest BCUT2D eigenvalue weighted by atomic mass is 9.90. The van der Waals surface area contributed by atoms with Crippen LogP contribution in [-0.2, 0) is 6.42 Å². The van der Waals surface area contributed by atoms with E-state index in [1.54, 1.807) is 26.8 Å². The Bertz CT molecular complexity index is 672. The van der Waals surface area contributed by atoms with Crippen molar-refractivity contribution < 1.29 is 19.4 Å². The van der Waals surface area contributed by atoms with Crippen LogP contribution >= 0.6 is 11.6 Å². The van der Waals surface area contributed by atoms with Crippen LogP contribution in [0, 0.1) is 6.92 Å². The number of halogens is 1. The van der Waals surface area contributed by atoms with Crippen molar-refractivity contribution in [3.8, 4) is 11.5 Å². The lowest BCUT2D eigenvalue weighted by Gasteiger charge is -2.37. The largest absolute Gasteiger partial charge is 0.508 e. The molecule has 0 unspecified atom stereocenters. The predicted octanol–water partition coefficient (Wildman–Crippen LogP) is 3.17. The van der Waals surface area contributed by atoms with Crippen molar-refractivity contribution >= 4 is 22.6 Å². The van der Waals surface area contributed by atoms with E-state index in [1.165, 1.54) is 0 Å². The van der Waals surface area contributed by atoms with Crippen LogP contribution < -0.4 is 4.74 Å². The van der Waals surface area contributed by atoms with Gasteiger partial charge in [-0.05, 0) is 26.8 Å². The monoisotopic (exact) mass is 282 g/mol. The number of aryl methyl sites for hydroxylation is 1. The van der Waals surface area contributed by atoms with Crippen molar-refractivity contribution in [2.45, 2.75) is 38.9 Å². The minimum atomic E-state index is -0.735. The van der Waals surface area contributed by atoms with Crippen LogP contribution in [0.4, 0.5) is 0 Å². The molecule has 2 heterocycles. The Balaban J connectivity index is 2.33. The number of hydrogen-bond acceptors (Lipinski definition) is 4. The van der Waals surface area contributed by atoms with E-state index in [0.717, 1.165) is 0 Å². The number of fused-ring (bicyclic) bond motifs is 3. The second kappa shape index (κ2) is 3.81. The maximum atomic E-state index is 10.1. The van der Waals surface area contributed by atoms with E-state index in [2.05, 4.69) is 0 Å². The van der Waals surface area contributed by atoms with E-state index >= 15 is 0 Å². The van der Waals surface area contributed by atoms with Gasteiger partial charge in [0.05, 0.1) is 11.1 Å². The van der Waals surface area contributed by atoms with Gasteiger partial charge in [0.1, 0.15) is 17.1 Å². The average Bonchev–Trinajstić information content (AvgIpc) is 2.59. The highest BCUT2D eigenvalue weighted by atomic mass is 35.5. The number of benzene rings is 1. The van der Waals surface area contributed by atoms with Gasteiger partial charge in [-0.15, -0.1) is 0 Å². The molecule has 2 N–H and O–H groups in total. The van der Waals surface area contributed by atoms with Crippen LogP contribution in [0.1, 0.15) is 25.2 Å². The standard InChI is InChI=1S/C14H15ClO4/c1-6-11(15)8-4-9(16)7-5-10(17)14(2,3)19-13(7)12(8)18-6/h4,10,16-17H,5H2,1-3H3/t10-/m0/s1. The molecular weight excluding hydrogens is 268 g/mol. The van der Waals surface area contributed by atoms with Gasteiger partial charge in [0.15, 0.2) is 11.3 Å². The number of ether oxygens (including phenoxy) is 1. The number of aliphatic hydroxyl groups excluding tert-OH is 1. The van der Waals surface area contributed by atoms with E-state index in [9.17, 15) is 10.2 Å². The average molecular weight is 283 g/mol. The van der Waals surface area contributed by atoms with Crippen molar-refractivity contribution in [1.82, 2.24) is 0 Å². The molecule has 0 aliphatic carbocycles. The summed E-state index contributed by atoms with van der Waals surface area (Å²) in [4.78, 5) is 0. The number of furan rings is 1. The number of aromatic hydroxyl groups is 1. The Morgan fingerprint density at radius 3 is 2.79 bits per heavy atom. The molecule has 4 nitrogen and oxygen atoms in total. The quantitative estimate of drug-likeness (QED) is 0.779. The number of aliphatic hydroxyl groups is 1. The van der Waals surface area contributed by atoms with Crippen molar-refractivity contribution in [3.05, 3.63) is 22.4 Å². The van der Waals surface area contributed by atoms with Gasteiger partial charge < -0.3 is 19.4 Å². The third-order valence-electron chi connectivity index (χ3n) is 3.68. The number of phenolic OH excluding ortho intramolecular Hbond substituents is 1. The molecule has 0 spiro atoms. The zero-order valence-electron chi connectivity index (χ0n) is 11.0. The second-order valence-electron chi connectivity index (χ2n) is 5.48. The number of hydrogen-bond donors (Lipinski definition) is 2. The van der Waals surface area contributed by atoms with Gasteiger partial charge in [-0.1, -0.05) is 11.6 Å². The van der Waals surface area contributed by atoms with Crippen molar-refractivity contribution in [2.75, 3.05) is 0 Å². The fourth-order valence-corrected chi connectivity index (χ4v) is 2.57. The molecule has 0 saturated carbocycles. The molecule has 1 aromatic heterocycles. The van der Waals surface area contributed by atoms with Gasteiger partial charge in [0.25, 0.3) is 0 Å². The van der Waals surface area contributed by atoms with E-state index in [4.69, 9.17) is 20.8 Å². The van der Waals surface area contributed by atoms with Crippen LogP contribution in [0.2, 0.25) is 5.02 Å².